The Hall–Kier alpha value is -1.39. The van der Waals surface area contributed by atoms with E-state index in [1.54, 1.807) is 18.0 Å². The zero-order valence-corrected chi connectivity index (χ0v) is 11.3. The Morgan fingerprint density at radius 1 is 1.39 bits per heavy atom. The number of hydrogen-bond acceptors (Lipinski definition) is 3. The molecule has 0 heterocycles. The van der Waals surface area contributed by atoms with Crippen molar-refractivity contribution in [3.63, 3.8) is 0 Å². The molecule has 0 aromatic heterocycles. The quantitative estimate of drug-likeness (QED) is 0.820. The summed E-state index contributed by atoms with van der Waals surface area (Å²) in [5.41, 5.74) is 6.59. The monoisotopic (exact) mass is 250 g/mol. The van der Waals surface area contributed by atoms with Gasteiger partial charge in [0.1, 0.15) is 0 Å². The molecule has 18 heavy (non-hydrogen) atoms. The summed E-state index contributed by atoms with van der Waals surface area (Å²) in [6, 6.07) is 7.46. The second kappa shape index (κ2) is 5.98. The van der Waals surface area contributed by atoms with Gasteiger partial charge in [-0.2, -0.15) is 0 Å². The van der Waals surface area contributed by atoms with Gasteiger partial charge in [0.25, 0.3) is 5.91 Å². The number of nitrogens with two attached hydrogens (primary N) is 1. The maximum absolute atomic E-state index is 12.4. The number of carbonyl (C=O) groups is 1. The molecular weight excluding hydrogens is 228 g/mol. The number of aliphatic hydroxyl groups excluding tert-OH is 1. The molecule has 0 spiro atoms. The second-order valence-electron chi connectivity index (χ2n) is 5.03. The summed E-state index contributed by atoms with van der Waals surface area (Å²) in [7, 11) is 1.71. The second-order valence-corrected chi connectivity index (χ2v) is 5.03. The van der Waals surface area contributed by atoms with Crippen LogP contribution in [0.4, 0.5) is 0 Å². The van der Waals surface area contributed by atoms with Crippen molar-refractivity contribution in [1.82, 2.24) is 4.90 Å². The molecule has 1 aromatic carbocycles. The molecule has 4 heteroatoms. The number of amides is 1. The molecule has 1 rings (SSSR count). The lowest BCUT2D eigenvalue weighted by Gasteiger charge is -2.34. The van der Waals surface area contributed by atoms with Crippen molar-refractivity contribution in [1.29, 1.82) is 0 Å². The zero-order chi connectivity index (χ0) is 13.8. The number of benzene rings is 1. The van der Waals surface area contributed by atoms with Crippen LogP contribution in [-0.2, 0) is 6.42 Å². The van der Waals surface area contributed by atoms with Crippen LogP contribution in [0.3, 0.4) is 0 Å². The largest absolute Gasteiger partial charge is 0.394 e. The standard InChI is InChI=1S/C14H22N2O2/c1-14(2,10-17)16(3)13(18)12-7-5-4-6-11(12)8-9-15/h4-7,17H,8-10,15H2,1-3H3. The summed E-state index contributed by atoms with van der Waals surface area (Å²) >= 11 is 0. The van der Waals surface area contributed by atoms with E-state index in [1.807, 2.05) is 32.0 Å². The fourth-order valence-corrected chi connectivity index (χ4v) is 1.66. The van der Waals surface area contributed by atoms with Gasteiger partial charge in [0.05, 0.1) is 12.1 Å². The van der Waals surface area contributed by atoms with E-state index in [0.29, 0.717) is 18.5 Å². The Morgan fingerprint density at radius 3 is 2.56 bits per heavy atom. The molecule has 0 atom stereocenters. The Bertz CT molecular complexity index is 416. The van der Waals surface area contributed by atoms with Crippen LogP contribution in [0.5, 0.6) is 0 Å². The molecule has 4 nitrogen and oxygen atoms in total. The van der Waals surface area contributed by atoms with Gasteiger partial charge in [-0.15, -0.1) is 0 Å². The van der Waals surface area contributed by atoms with Crippen LogP contribution in [-0.4, -0.2) is 41.7 Å². The molecule has 0 unspecified atom stereocenters. The van der Waals surface area contributed by atoms with Gasteiger partial charge in [-0.05, 0) is 38.4 Å². The third-order valence-electron chi connectivity index (χ3n) is 3.26. The van der Waals surface area contributed by atoms with Gasteiger partial charge in [0.2, 0.25) is 0 Å². The molecule has 0 aliphatic heterocycles. The molecule has 0 bridgehead atoms. The smallest absolute Gasteiger partial charge is 0.254 e. The molecule has 0 aliphatic rings. The predicted octanol–water partition coefficient (Wildman–Crippen LogP) is 1.03. The third-order valence-corrected chi connectivity index (χ3v) is 3.26. The lowest BCUT2D eigenvalue weighted by atomic mass is 9.99. The summed E-state index contributed by atoms with van der Waals surface area (Å²) in [6.45, 7) is 4.10. The average molecular weight is 250 g/mol. The van der Waals surface area contributed by atoms with E-state index < -0.39 is 5.54 Å². The predicted molar refractivity (Wildman–Crippen MR) is 72.5 cm³/mol. The highest BCUT2D eigenvalue weighted by Crippen LogP contribution is 2.18. The van der Waals surface area contributed by atoms with Crippen LogP contribution in [0.15, 0.2) is 24.3 Å². The van der Waals surface area contributed by atoms with E-state index in [-0.39, 0.29) is 12.5 Å². The molecule has 0 fully saturated rings. The van der Waals surface area contributed by atoms with E-state index in [2.05, 4.69) is 0 Å². The minimum Gasteiger partial charge on any atom is -0.394 e. The minimum absolute atomic E-state index is 0.0751. The highest BCUT2D eigenvalue weighted by atomic mass is 16.3. The minimum atomic E-state index is -0.576. The van der Waals surface area contributed by atoms with E-state index >= 15 is 0 Å². The van der Waals surface area contributed by atoms with Gasteiger partial charge in [-0.1, -0.05) is 18.2 Å². The van der Waals surface area contributed by atoms with Crippen LogP contribution in [0.2, 0.25) is 0 Å². The SMILES string of the molecule is CN(C(=O)c1ccccc1CCN)C(C)(C)CO. The van der Waals surface area contributed by atoms with Crippen molar-refractivity contribution in [3.8, 4) is 0 Å². The number of rotatable bonds is 5. The third kappa shape index (κ3) is 3.09. The summed E-state index contributed by atoms with van der Waals surface area (Å²) in [6.07, 6.45) is 0.676. The summed E-state index contributed by atoms with van der Waals surface area (Å²) in [4.78, 5) is 14.0. The first kappa shape index (κ1) is 14.7. The first-order valence-electron chi connectivity index (χ1n) is 6.11. The molecule has 100 valence electrons. The van der Waals surface area contributed by atoms with Crippen molar-refractivity contribution in [2.75, 3.05) is 20.2 Å². The van der Waals surface area contributed by atoms with Crippen molar-refractivity contribution in [2.24, 2.45) is 5.73 Å². The van der Waals surface area contributed by atoms with Crippen molar-refractivity contribution < 1.29 is 9.90 Å². The summed E-state index contributed by atoms with van der Waals surface area (Å²) < 4.78 is 0. The fourth-order valence-electron chi connectivity index (χ4n) is 1.66. The molecule has 0 saturated carbocycles. The number of likely N-dealkylation sites (N-methyl/N-ethyl adjacent to an activating group) is 1. The van der Waals surface area contributed by atoms with Crippen molar-refractivity contribution >= 4 is 5.91 Å². The zero-order valence-electron chi connectivity index (χ0n) is 11.3. The van der Waals surface area contributed by atoms with Gasteiger partial charge in [-0.3, -0.25) is 4.79 Å². The van der Waals surface area contributed by atoms with Crippen LogP contribution in [0.25, 0.3) is 0 Å². The maximum atomic E-state index is 12.4. The molecule has 0 radical (unpaired) electrons. The van der Waals surface area contributed by atoms with Gasteiger partial charge >= 0.3 is 0 Å². The van der Waals surface area contributed by atoms with E-state index in [0.717, 1.165) is 5.56 Å². The number of nitrogens with zero attached hydrogens (tertiary/aromatic N) is 1. The Balaban J connectivity index is 3.04. The van der Waals surface area contributed by atoms with E-state index in [1.165, 1.54) is 0 Å². The van der Waals surface area contributed by atoms with Crippen molar-refractivity contribution in [3.05, 3.63) is 35.4 Å². The van der Waals surface area contributed by atoms with Gasteiger partial charge in [0.15, 0.2) is 0 Å². The van der Waals surface area contributed by atoms with E-state index in [4.69, 9.17) is 5.73 Å². The maximum Gasteiger partial charge on any atom is 0.254 e. The topological polar surface area (TPSA) is 66.6 Å². The lowest BCUT2D eigenvalue weighted by molar-refractivity contribution is 0.0472. The van der Waals surface area contributed by atoms with Gasteiger partial charge in [0, 0.05) is 12.6 Å². The number of aliphatic hydroxyl groups is 1. The molecule has 0 aliphatic carbocycles. The highest BCUT2D eigenvalue weighted by Gasteiger charge is 2.28. The molecule has 1 amide bonds. The summed E-state index contributed by atoms with van der Waals surface area (Å²) in [5, 5.41) is 9.32. The average Bonchev–Trinajstić information content (AvgIpc) is 2.38. The lowest BCUT2D eigenvalue weighted by Crippen LogP contribution is -2.47. The van der Waals surface area contributed by atoms with Crippen LogP contribution < -0.4 is 5.73 Å². The highest BCUT2D eigenvalue weighted by molar-refractivity contribution is 5.96. The van der Waals surface area contributed by atoms with Crippen LogP contribution in [0, 0.1) is 0 Å². The molecule has 0 saturated heterocycles. The van der Waals surface area contributed by atoms with Gasteiger partial charge in [-0.25, -0.2) is 0 Å². The Morgan fingerprint density at radius 2 is 2.00 bits per heavy atom. The van der Waals surface area contributed by atoms with Gasteiger partial charge < -0.3 is 15.7 Å². The van der Waals surface area contributed by atoms with E-state index in [9.17, 15) is 9.90 Å². The number of carbonyl (C=O) groups excluding carboxylic acids is 1. The normalized spacial score (nSPS) is 11.4. The van der Waals surface area contributed by atoms with Crippen LogP contribution in [0.1, 0.15) is 29.8 Å². The Kier molecular flexibility index (Phi) is 4.87. The first-order chi connectivity index (χ1) is 8.44. The fraction of sp³-hybridized carbons (Fsp3) is 0.500. The molecular formula is C14H22N2O2. The van der Waals surface area contributed by atoms with Crippen molar-refractivity contribution in [2.45, 2.75) is 25.8 Å². The molecule has 1 aromatic rings. The molecule has 3 N–H and O–H groups in total. The first-order valence-corrected chi connectivity index (χ1v) is 6.11. The summed E-state index contributed by atoms with van der Waals surface area (Å²) in [5.74, 6) is -0.0851. The number of hydrogen-bond donors (Lipinski definition) is 2. The Labute approximate surface area is 108 Å². The van der Waals surface area contributed by atoms with Crippen LogP contribution >= 0.6 is 0 Å².